The average molecular weight is 2990 g/mol. The molecule has 4 aromatic carbocycles. The van der Waals surface area contributed by atoms with Crippen LogP contribution in [0.2, 0.25) is 0 Å². The molecule has 0 saturated carbocycles. The Hall–Kier alpha value is -1.08. The summed E-state index contributed by atoms with van der Waals surface area (Å²) in [7, 11) is 0. The number of ether oxygens (including phenoxy) is 1. The number of benzene rings is 4. The first-order valence-electron chi connectivity index (χ1n) is 34.3. The zero-order valence-corrected chi connectivity index (χ0v) is 87.8. The van der Waals surface area contributed by atoms with Crippen LogP contribution in [0.5, 0.6) is 0 Å². The lowest BCUT2D eigenvalue weighted by Crippen LogP contribution is -2.43. The molecule has 0 aromatic heterocycles. The summed E-state index contributed by atoms with van der Waals surface area (Å²) in [6.07, 6.45) is -7.11. The van der Waals surface area contributed by atoms with Crippen LogP contribution in [-0.4, -0.2) is 285 Å². The Morgan fingerprint density at radius 1 is 0.350 bits per heavy atom. The maximum atomic E-state index is 13.8. The van der Waals surface area contributed by atoms with Gasteiger partial charge >= 0.3 is 0 Å². The molecule has 8 atom stereocenters. The molecule has 650 valence electrons. The number of rotatable bonds is 40. The molecule has 37 nitrogen and oxygen atoms in total. The SMILES string of the molecule is CC(=O)Nc1c(I)c(C(=O)NCC(O)CO)c(I)c(C(=O)NCC(O)CN(C(C)=O)c2c(I)c(C(=O)CCC(O)CO)c(I)c(C(=O)NCCCC(O)CO)c2I)c1I.CC(=O)Nc1c(I)c(C(=O)NCC(O)CO)c(I)c(C(=O)NCC(O)CO)c1I.CC(=O)Nc1c(I)c(C(=O)NCCC2CO2)c(I)c(C(=O)NCC(O)CO)c1I. The third kappa shape index (κ3) is 33.6. The van der Waals surface area contributed by atoms with Crippen LogP contribution in [0.4, 0.5) is 22.7 Å². The van der Waals surface area contributed by atoms with E-state index in [4.69, 9.17) is 25.2 Å². The number of anilines is 4. The van der Waals surface area contributed by atoms with Gasteiger partial charge in [0.05, 0.1) is 188 Å². The third-order valence-corrected chi connectivity index (χ3v) is 28.6. The van der Waals surface area contributed by atoms with E-state index in [-0.39, 0.29) is 144 Å². The van der Waals surface area contributed by atoms with Crippen molar-refractivity contribution in [1.82, 2.24) is 37.2 Å². The number of aliphatic hydroxyl groups excluding tert-OH is 13. The number of nitrogens with zero attached hydrogens (tertiary/aromatic N) is 1. The molecule has 0 radical (unpaired) electrons. The largest absolute Gasteiger partial charge is 0.394 e. The fourth-order valence-corrected chi connectivity index (χ4v) is 27.8. The van der Waals surface area contributed by atoms with E-state index in [0.29, 0.717) is 62.2 Å². The minimum absolute atomic E-state index is 0.00985. The lowest BCUT2D eigenvalue weighted by atomic mass is 10.00. The van der Waals surface area contributed by atoms with Gasteiger partial charge in [-0.3, -0.25) is 57.5 Å². The van der Waals surface area contributed by atoms with Crippen LogP contribution in [-0.2, 0) is 23.9 Å². The molecule has 8 unspecified atom stereocenters. The van der Waals surface area contributed by atoms with Crippen molar-refractivity contribution in [1.29, 1.82) is 0 Å². The maximum Gasteiger partial charge on any atom is 0.253 e. The van der Waals surface area contributed by atoms with Crippen molar-refractivity contribution in [3.8, 4) is 0 Å². The van der Waals surface area contributed by atoms with Crippen molar-refractivity contribution in [3.05, 3.63) is 87.3 Å². The lowest BCUT2D eigenvalue weighted by molar-refractivity contribution is -0.117. The number of carbonyl (C=O) groups is 12. The van der Waals surface area contributed by atoms with E-state index in [9.17, 15) is 103 Å². The molecule has 117 heavy (non-hydrogen) atoms. The molecule has 1 heterocycles. The van der Waals surface area contributed by atoms with Crippen molar-refractivity contribution < 1.29 is 129 Å². The minimum Gasteiger partial charge on any atom is -0.394 e. The first kappa shape index (κ1) is 110. The number of halogens is 12. The van der Waals surface area contributed by atoms with Gasteiger partial charge in [0.1, 0.15) is 0 Å². The smallest absolute Gasteiger partial charge is 0.253 e. The maximum absolute atomic E-state index is 13.8. The summed E-state index contributed by atoms with van der Waals surface area (Å²) in [5.74, 6) is -6.41. The summed E-state index contributed by atoms with van der Waals surface area (Å²) in [4.78, 5) is 155. The molecule has 1 aliphatic heterocycles. The highest BCUT2D eigenvalue weighted by molar-refractivity contribution is 14.1. The van der Waals surface area contributed by atoms with Crippen LogP contribution in [0.25, 0.3) is 0 Å². The summed E-state index contributed by atoms with van der Waals surface area (Å²) in [5.41, 5.74) is 1.81. The number of Topliss-reactive ketones (excluding diaryl/α,β-unsaturated/α-hetero) is 1. The van der Waals surface area contributed by atoms with Gasteiger partial charge < -0.3 is 129 Å². The van der Waals surface area contributed by atoms with Crippen LogP contribution in [0.3, 0.4) is 0 Å². The molecule has 0 bridgehead atoms. The van der Waals surface area contributed by atoms with Gasteiger partial charge in [0.15, 0.2) is 5.78 Å². The van der Waals surface area contributed by atoms with Gasteiger partial charge in [-0.25, -0.2) is 0 Å². The molecule has 1 saturated heterocycles. The highest BCUT2D eigenvalue weighted by Gasteiger charge is 2.36. The molecular formula is C68H83I12N11O26. The molecule has 1 fully saturated rings. The molecule has 0 spiro atoms. The molecule has 1 aliphatic rings. The van der Waals surface area contributed by atoms with Crippen molar-refractivity contribution in [3.63, 3.8) is 0 Å². The standard InChI is InChI=1S/C35H43I6N5O13.C17H20I3N3O6.C16H20I3N3O7/c1-14(50)45-31-27(38)22(26(37)23(28(31)39)35(59)44-9-19(55)13-49)34(58)43-8-18(54)10-46(15(2)51)32-29(40)21(20(56)6-5-17(53)12-48)25(36)24(30(32)41)33(57)42-7-3-4-16(52)11-47;1-7(25)23-15-13(19)10(16(27)21-3-2-9-6-29-9)12(18)11(14(15)20)17(28)22-4-8(26)5-24;1-6(25)22-14-12(18)9(15(28)20-2-7(26)4-23)11(17)10(13(14)19)16(29)21-3-8(27)5-24/h16-19,47-49,52-55H,3-13H2,1-2H3,(H,42,57)(H,43,58)(H,44,59)(H,45,50);8-9,24,26H,2-6H2,1H3,(H,21,27)(H,22,28)(H,23,25);7-8,23-24,26-27H,2-5H2,1H3,(H,20,28)(H,21,29)(H,22,25). The van der Waals surface area contributed by atoms with Crippen LogP contribution in [0.15, 0.2) is 0 Å². The number of aliphatic hydroxyl groups is 13. The van der Waals surface area contributed by atoms with Gasteiger partial charge in [0.2, 0.25) is 23.6 Å². The van der Waals surface area contributed by atoms with Crippen LogP contribution in [0.1, 0.15) is 143 Å². The second kappa shape index (κ2) is 54.8. The molecule has 5 rings (SSSR count). The Morgan fingerprint density at radius 3 is 0.889 bits per heavy atom. The van der Waals surface area contributed by atoms with Crippen molar-refractivity contribution >= 4 is 365 Å². The summed E-state index contributed by atoms with van der Waals surface area (Å²) >= 11 is 22.6. The average Bonchev–Trinajstić information content (AvgIpc) is 1.76. The Bertz CT molecular complexity index is 4260. The third-order valence-electron chi connectivity index (χ3n) is 15.7. The van der Waals surface area contributed by atoms with E-state index in [1.54, 1.807) is 22.6 Å². The Kier molecular flexibility index (Phi) is 51.6. The molecule has 23 N–H and O–H groups in total. The number of ketones is 1. The van der Waals surface area contributed by atoms with Crippen molar-refractivity contribution in [2.24, 2.45) is 0 Å². The van der Waals surface area contributed by atoms with E-state index in [2.05, 4.69) is 53.2 Å². The number of epoxide rings is 1. The number of hydrogen-bond acceptors (Lipinski definition) is 26. The topological polar surface area (TPSA) is 604 Å². The molecular weight excluding hydrogens is 2910 g/mol. The Labute approximate surface area is 833 Å². The zero-order valence-electron chi connectivity index (χ0n) is 61.9. The van der Waals surface area contributed by atoms with E-state index in [1.807, 2.05) is 248 Å². The van der Waals surface area contributed by atoms with Gasteiger partial charge in [-0.2, -0.15) is 0 Å². The second-order valence-corrected chi connectivity index (χ2v) is 37.9. The predicted molar refractivity (Wildman–Crippen MR) is 527 cm³/mol. The molecule has 0 aliphatic carbocycles. The molecule has 11 amide bonds. The van der Waals surface area contributed by atoms with Gasteiger partial charge in [-0.15, -0.1) is 0 Å². The number of amides is 11. The first-order chi connectivity index (χ1) is 54.8. The summed E-state index contributed by atoms with van der Waals surface area (Å²) < 4.78 is 9.20. The van der Waals surface area contributed by atoms with Crippen molar-refractivity contribution in [2.45, 2.75) is 109 Å². The van der Waals surface area contributed by atoms with E-state index >= 15 is 0 Å². The lowest BCUT2D eigenvalue weighted by Gasteiger charge is -2.29. The Balaban J connectivity index is 0.000000507. The summed E-state index contributed by atoms with van der Waals surface area (Å²) in [5, 5.41) is 150. The van der Waals surface area contributed by atoms with Crippen molar-refractivity contribution in [2.75, 3.05) is 119 Å². The van der Waals surface area contributed by atoms with Crippen LogP contribution >= 0.6 is 271 Å². The fourth-order valence-electron chi connectivity index (χ4n) is 9.69. The second-order valence-electron chi connectivity index (χ2n) is 25.0. The first-order valence-corrected chi connectivity index (χ1v) is 47.3. The zero-order chi connectivity index (χ0) is 88.9. The highest BCUT2D eigenvalue weighted by Crippen LogP contribution is 2.42. The normalized spacial score (nSPS) is 13.8. The fraction of sp³-hybridized carbons (Fsp3) is 0.471. The van der Waals surface area contributed by atoms with Gasteiger partial charge in [-0.1, -0.05) is 0 Å². The van der Waals surface area contributed by atoms with E-state index in [1.165, 1.54) is 32.6 Å². The highest BCUT2D eigenvalue weighted by atomic mass is 127. The number of hydrogen-bond donors (Lipinski definition) is 23. The monoisotopic (exact) mass is 2990 g/mol. The van der Waals surface area contributed by atoms with Gasteiger partial charge in [-0.05, 0) is 297 Å². The number of nitrogens with one attached hydrogen (secondary N) is 10. The summed E-state index contributed by atoms with van der Waals surface area (Å²) in [6, 6.07) is 0. The number of carbonyl (C=O) groups excluding carboxylic acids is 12. The van der Waals surface area contributed by atoms with E-state index in [0.717, 1.165) is 0 Å². The minimum atomic E-state index is -1.44. The quantitative estimate of drug-likeness (QED) is 0.0131. The summed E-state index contributed by atoms with van der Waals surface area (Å²) in [6.45, 7) is 1.44. The Morgan fingerprint density at radius 2 is 0.607 bits per heavy atom. The molecule has 4 aromatic rings. The predicted octanol–water partition coefficient (Wildman–Crippen LogP) is 2.36. The van der Waals surface area contributed by atoms with Crippen LogP contribution < -0.4 is 58.1 Å². The van der Waals surface area contributed by atoms with E-state index < -0.39 is 154 Å². The van der Waals surface area contributed by atoms with Gasteiger partial charge in [0, 0.05) is 103 Å². The van der Waals surface area contributed by atoms with Gasteiger partial charge in [0.25, 0.3) is 41.4 Å². The van der Waals surface area contributed by atoms with Crippen LogP contribution in [0, 0.1) is 42.8 Å². The molecule has 49 heteroatoms.